The van der Waals surface area contributed by atoms with Gasteiger partial charge in [-0.3, -0.25) is 0 Å². The Kier molecular flexibility index (Phi) is 8.03. The number of benzene rings is 3. The number of rotatable bonds is 8. The first kappa shape index (κ1) is 23.8. The molecule has 0 N–H and O–H groups in total. The molecule has 0 saturated carbocycles. The van der Waals surface area contributed by atoms with E-state index in [-0.39, 0.29) is 18.8 Å². The number of carbonyl (C=O) groups excluding carboxylic acids is 2. The molecule has 0 aliphatic rings. The molecule has 0 atom stereocenters. The maximum absolute atomic E-state index is 12.3. The van der Waals surface area contributed by atoms with Crippen LogP contribution in [0, 0.1) is 13.8 Å². The highest BCUT2D eigenvalue weighted by Gasteiger charge is 2.21. The van der Waals surface area contributed by atoms with E-state index in [4.69, 9.17) is 9.47 Å². The molecule has 3 aromatic rings. The molecule has 5 heteroatoms. The molecule has 33 heavy (non-hydrogen) atoms. The van der Waals surface area contributed by atoms with Gasteiger partial charge in [0.15, 0.2) is 0 Å². The molecule has 0 aliphatic carbocycles. The summed E-state index contributed by atoms with van der Waals surface area (Å²) in [5.41, 5.74) is 5.97. The average molecular weight is 444 g/mol. The number of ether oxygens (including phenoxy) is 2. The Bertz CT molecular complexity index is 1050. The van der Waals surface area contributed by atoms with Crippen LogP contribution in [0.5, 0.6) is 0 Å². The zero-order valence-corrected chi connectivity index (χ0v) is 19.5. The molecule has 0 bridgehead atoms. The minimum absolute atomic E-state index is 0.125. The Morgan fingerprint density at radius 2 is 1.03 bits per heavy atom. The van der Waals surface area contributed by atoms with Crippen LogP contribution >= 0.6 is 0 Å². The van der Waals surface area contributed by atoms with Gasteiger partial charge in [-0.25, -0.2) is 9.59 Å². The Hall–Kier alpha value is -3.86. The first-order chi connectivity index (χ1) is 15.9. The highest BCUT2D eigenvalue weighted by Crippen LogP contribution is 2.35. The van der Waals surface area contributed by atoms with Crippen molar-refractivity contribution in [3.05, 3.63) is 95.1 Å². The summed E-state index contributed by atoms with van der Waals surface area (Å²) in [5.74, 6) is -1.39. The fourth-order valence-electron chi connectivity index (χ4n) is 3.34. The molecule has 170 valence electrons. The third kappa shape index (κ3) is 6.10. The van der Waals surface area contributed by atoms with Crippen LogP contribution in [0.1, 0.15) is 30.5 Å². The van der Waals surface area contributed by atoms with E-state index in [1.807, 2.05) is 24.3 Å². The second kappa shape index (κ2) is 11.1. The van der Waals surface area contributed by atoms with Crippen LogP contribution < -0.4 is 4.90 Å². The molecule has 5 nitrogen and oxygen atoms in total. The highest BCUT2D eigenvalue weighted by molar-refractivity contribution is 6.17. The fraction of sp³-hybridized carbons (Fsp3) is 0.214. The van der Waals surface area contributed by atoms with Gasteiger partial charge in [0.1, 0.15) is 5.57 Å². The number of hydrogen-bond donors (Lipinski definition) is 0. The number of anilines is 3. The molecular formula is C28H29NO4. The van der Waals surface area contributed by atoms with Crippen molar-refractivity contribution in [1.29, 1.82) is 0 Å². The van der Waals surface area contributed by atoms with Crippen LogP contribution in [0.25, 0.3) is 6.08 Å². The second-order valence-electron chi connectivity index (χ2n) is 7.60. The van der Waals surface area contributed by atoms with Gasteiger partial charge in [0.25, 0.3) is 0 Å². The first-order valence-corrected chi connectivity index (χ1v) is 11.0. The number of carbonyl (C=O) groups is 2. The Labute approximate surface area is 195 Å². The number of aryl methyl sites for hydroxylation is 2. The second-order valence-corrected chi connectivity index (χ2v) is 7.60. The highest BCUT2D eigenvalue weighted by atomic mass is 16.6. The lowest BCUT2D eigenvalue weighted by Crippen LogP contribution is -2.18. The Morgan fingerprint density at radius 3 is 1.39 bits per heavy atom. The monoisotopic (exact) mass is 443 g/mol. The third-order valence-corrected chi connectivity index (χ3v) is 5.04. The topological polar surface area (TPSA) is 55.8 Å². The molecule has 0 aliphatic heterocycles. The quantitative estimate of drug-likeness (QED) is 0.177. The molecule has 0 amide bonds. The van der Waals surface area contributed by atoms with Crippen molar-refractivity contribution in [3.63, 3.8) is 0 Å². The smallest absolute Gasteiger partial charge is 0.345 e. The molecule has 0 unspecified atom stereocenters. The summed E-state index contributed by atoms with van der Waals surface area (Å²) >= 11 is 0. The number of esters is 2. The van der Waals surface area contributed by atoms with Gasteiger partial charge in [0.05, 0.1) is 13.2 Å². The summed E-state index contributed by atoms with van der Waals surface area (Å²) in [6, 6.07) is 24.3. The normalized spacial score (nSPS) is 10.3. The molecule has 0 heterocycles. The van der Waals surface area contributed by atoms with Crippen LogP contribution in [0.2, 0.25) is 0 Å². The van der Waals surface area contributed by atoms with Gasteiger partial charge in [-0.1, -0.05) is 47.5 Å². The van der Waals surface area contributed by atoms with Crippen LogP contribution in [-0.4, -0.2) is 25.2 Å². The van der Waals surface area contributed by atoms with Crippen molar-refractivity contribution in [2.75, 3.05) is 18.1 Å². The summed E-state index contributed by atoms with van der Waals surface area (Å²) in [6.45, 7) is 7.87. The molecule has 0 radical (unpaired) electrons. The number of hydrogen-bond acceptors (Lipinski definition) is 5. The Morgan fingerprint density at radius 1 is 0.667 bits per heavy atom. The van der Waals surface area contributed by atoms with Crippen LogP contribution in [0.15, 0.2) is 78.4 Å². The lowest BCUT2D eigenvalue weighted by Gasteiger charge is -2.26. The zero-order chi connectivity index (χ0) is 23.8. The summed E-state index contributed by atoms with van der Waals surface area (Å²) in [5, 5.41) is 0. The number of nitrogens with zero attached hydrogens (tertiary/aromatic N) is 1. The van der Waals surface area contributed by atoms with E-state index in [9.17, 15) is 9.59 Å². The van der Waals surface area contributed by atoms with E-state index in [2.05, 4.69) is 67.3 Å². The summed E-state index contributed by atoms with van der Waals surface area (Å²) in [6.07, 6.45) is 1.50. The lowest BCUT2D eigenvalue weighted by atomic mass is 10.1. The van der Waals surface area contributed by atoms with Gasteiger partial charge in [0, 0.05) is 17.1 Å². The zero-order valence-electron chi connectivity index (χ0n) is 19.5. The van der Waals surface area contributed by atoms with E-state index in [0.717, 1.165) is 17.1 Å². The van der Waals surface area contributed by atoms with Gasteiger partial charge in [-0.15, -0.1) is 0 Å². The molecule has 0 spiro atoms. The van der Waals surface area contributed by atoms with Crippen molar-refractivity contribution < 1.29 is 19.1 Å². The minimum Gasteiger partial charge on any atom is -0.462 e. The van der Waals surface area contributed by atoms with Gasteiger partial charge in [-0.2, -0.15) is 0 Å². The van der Waals surface area contributed by atoms with Crippen LogP contribution in [-0.2, 0) is 19.1 Å². The van der Waals surface area contributed by atoms with E-state index in [1.54, 1.807) is 13.8 Å². The van der Waals surface area contributed by atoms with E-state index in [1.165, 1.54) is 17.2 Å². The van der Waals surface area contributed by atoms with Gasteiger partial charge in [0.2, 0.25) is 0 Å². The predicted molar refractivity (Wildman–Crippen MR) is 132 cm³/mol. The predicted octanol–water partition coefficient (Wildman–Crippen LogP) is 6.28. The fourth-order valence-corrected chi connectivity index (χ4v) is 3.34. The standard InChI is InChI=1S/C28H29NO4/c1-5-32-27(30)26(28(31)33-6-2)19-22-11-17-25(18-12-22)29(23-13-7-20(3)8-14-23)24-15-9-21(4)10-16-24/h7-19H,5-6H2,1-4H3. The van der Waals surface area contributed by atoms with E-state index in [0.29, 0.717) is 5.56 Å². The van der Waals surface area contributed by atoms with Gasteiger partial charge in [-0.05, 0) is 75.7 Å². The molecule has 0 saturated heterocycles. The van der Waals surface area contributed by atoms with E-state index < -0.39 is 11.9 Å². The molecule has 3 aromatic carbocycles. The average Bonchev–Trinajstić information content (AvgIpc) is 2.81. The molecule has 0 aromatic heterocycles. The molecular weight excluding hydrogens is 414 g/mol. The molecule has 3 rings (SSSR count). The lowest BCUT2D eigenvalue weighted by molar-refractivity contribution is -0.146. The molecule has 0 fully saturated rings. The van der Waals surface area contributed by atoms with Crippen molar-refractivity contribution >= 4 is 35.1 Å². The summed E-state index contributed by atoms with van der Waals surface area (Å²) in [7, 11) is 0. The summed E-state index contributed by atoms with van der Waals surface area (Å²) in [4.78, 5) is 26.7. The van der Waals surface area contributed by atoms with Crippen molar-refractivity contribution in [3.8, 4) is 0 Å². The summed E-state index contributed by atoms with van der Waals surface area (Å²) < 4.78 is 10.0. The minimum atomic E-state index is -0.694. The largest absolute Gasteiger partial charge is 0.462 e. The van der Waals surface area contributed by atoms with Crippen LogP contribution in [0.4, 0.5) is 17.1 Å². The van der Waals surface area contributed by atoms with Gasteiger partial charge < -0.3 is 14.4 Å². The van der Waals surface area contributed by atoms with Crippen molar-refractivity contribution in [2.45, 2.75) is 27.7 Å². The maximum atomic E-state index is 12.3. The third-order valence-electron chi connectivity index (χ3n) is 5.04. The van der Waals surface area contributed by atoms with E-state index >= 15 is 0 Å². The van der Waals surface area contributed by atoms with Crippen molar-refractivity contribution in [1.82, 2.24) is 0 Å². The Balaban J connectivity index is 1.99. The SMILES string of the molecule is CCOC(=O)C(=Cc1ccc(N(c2ccc(C)cc2)c2ccc(C)cc2)cc1)C(=O)OCC. The van der Waals surface area contributed by atoms with Crippen molar-refractivity contribution in [2.24, 2.45) is 0 Å². The maximum Gasteiger partial charge on any atom is 0.345 e. The first-order valence-electron chi connectivity index (χ1n) is 11.0. The van der Waals surface area contributed by atoms with Crippen LogP contribution in [0.3, 0.4) is 0 Å². The van der Waals surface area contributed by atoms with Gasteiger partial charge >= 0.3 is 11.9 Å².